The van der Waals surface area contributed by atoms with E-state index in [4.69, 9.17) is 9.47 Å². The number of Topliss-reactive ketones (excluding diaryl/α,β-unsaturated/α-hetero) is 1. The van der Waals surface area contributed by atoms with Gasteiger partial charge < -0.3 is 9.47 Å². The van der Waals surface area contributed by atoms with E-state index in [2.05, 4.69) is 0 Å². The molecule has 0 aromatic heterocycles. The predicted octanol–water partition coefficient (Wildman–Crippen LogP) is 1.41. The summed E-state index contributed by atoms with van der Waals surface area (Å²) in [4.78, 5) is 11.4. The van der Waals surface area contributed by atoms with Crippen molar-refractivity contribution in [2.24, 2.45) is 0 Å². The number of benzene rings is 1. The molecule has 1 heterocycles. The van der Waals surface area contributed by atoms with E-state index in [0.29, 0.717) is 12.4 Å². The number of carbonyl (C=O) groups excluding carboxylic acids is 1. The van der Waals surface area contributed by atoms with Gasteiger partial charge in [0, 0.05) is 5.56 Å². The lowest BCUT2D eigenvalue weighted by Gasteiger charge is -2.15. The molecular formula is C10H10O3. The maximum atomic E-state index is 11.4. The summed E-state index contributed by atoms with van der Waals surface area (Å²) in [6, 6.07) is 5.46. The Hall–Kier alpha value is -1.35. The zero-order chi connectivity index (χ0) is 9.26. The van der Waals surface area contributed by atoms with Crippen LogP contribution in [0.2, 0.25) is 0 Å². The molecule has 3 heteroatoms. The molecule has 2 rings (SSSR count). The number of fused-ring (bicyclic) bond motifs is 1. The van der Waals surface area contributed by atoms with Crippen molar-refractivity contribution < 1.29 is 14.3 Å². The number of carbonyl (C=O) groups is 1. The molecule has 0 saturated heterocycles. The second-order valence-electron chi connectivity index (χ2n) is 2.94. The minimum absolute atomic E-state index is 0.0279. The third-order valence-corrected chi connectivity index (χ3v) is 2.11. The van der Waals surface area contributed by atoms with Crippen molar-refractivity contribution >= 4 is 5.78 Å². The second-order valence-corrected chi connectivity index (χ2v) is 2.94. The van der Waals surface area contributed by atoms with E-state index in [-0.39, 0.29) is 12.4 Å². The van der Waals surface area contributed by atoms with Crippen LogP contribution in [0.15, 0.2) is 18.2 Å². The number of rotatable bonds is 1. The van der Waals surface area contributed by atoms with Crippen molar-refractivity contribution in [3.8, 4) is 5.75 Å². The van der Waals surface area contributed by atoms with Crippen LogP contribution in [-0.4, -0.2) is 19.5 Å². The molecule has 13 heavy (non-hydrogen) atoms. The zero-order valence-electron chi connectivity index (χ0n) is 7.37. The third-order valence-electron chi connectivity index (χ3n) is 2.11. The predicted molar refractivity (Wildman–Crippen MR) is 47.0 cm³/mol. The van der Waals surface area contributed by atoms with Gasteiger partial charge in [-0.3, -0.25) is 4.79 Å². The van der Waals surface area contributed by atoms with Crippen LogP contribution in [0.1, 0.15) is 15.9 Å². The van der Waals surface area contributed by atoms with Crippen molar-refractivity contribution in [3.05, 3.63) is 29.3 Å². The average molecular weight is 178 g/mol. The summed E-state index contributed by atoms with van der Waals surface area (Å²) in [6.07, 6.45) is 0. The van der Waals surface area contributed by atoms with Gasteiger partial charge in [0.15, 0.2) is 5.78 Å². The summed E-state index contributed by atoms with van der Waals surface area (Å²) in [6.45, 7) is 0.700. The first-order chi connectivity index (χ1) is 6.31. The molecule has 0 saturated carbocycles. The van der Waals surface area contributed by atoms with E-state index < -0.39 is 0 Å². The molecule has 1 aromatic carbocycles. The van der Waals surface area contributed by atoms with Crippen LogP contribution in [-0.2, 0) is 11.3 Å². The van der Waals surface area contributed by atoms with Crippen LogP contribution in [0.3, 0.4) is 0 Å². The SMILES string of the molecule is COc1ccc2c(c1)C(=O)COC2. The molecular weight excluding hydrogens is 168 g/mol. The van der Waals surface area contributed by atoms with Gasteiger partial charge in [-0.05, 0) is 17.7 Å². The van der Waals surface area contributed by atoms with E-state index >= 15 is 0 Å². The van der Waals surface area contributed by atoms with Crippen molar-refractivity contribution in [1.82, 2.24) is 0 Å². The molecule has 0 aliphatic carbocycles. The van der Waals surface area contributed by atoms with Crippen LogP contribution in [0.5, 0.6) is 5.75 Å². The lowest BCUT2D eigenvalue weighted by Crippen LogP contribution is -2.17. The first-order valence-electron chi connectivity index (χ1n) is 4.09. The van der Waals surface area contributed by atoms with Crippen molar-refractivity contribution in [3.63, 3.8) is 0 Å². The van der Waals surface area contributed by atoms with Gasteiger partial charge in [-0.25, -0.2) is 0 Å². The summed E-state index contributed by atoms with van der Waals surface area (Å²) >= 11 is 0. The minimum atomic E-state index is 0.0279. The van der Waals surface area contributed by atoms with Crippen LogP contribution >= 0.6 is 0 Å². The molecule has 3 nitrogen and oxygen atoms in total. The van der Waals surface area contributed by atoms with E-state index in [1.54, 1.807) is 13.2 Å². The highest BCUT2D eigenvalue weighted by Gasteiger charge is 2.17. The molecule has 0 bridgehead atoms. The summed E-state index contributed by atoms with van der Waals surface area (Å²) in [5.41, 5.74) is 1.67. The molecule has 0 fully saturated rings. The minimum Gasteiger partial charge on any atom is -0.497 e. The van der Waals surface area contributed by atoms with Gasteiger partial charge in [0.05, 0.1) is 13.7 Å². The first kappa shape index (κ1) is 8.26. The molecule has 0 N–H and O–H groups in total. The Labute approximate surface area is 76.3 Å². The first-order valence-corrected chi connectivity index (χ1v) is 4.09. The smallest absolute Gasteiger partial charge is 0.188 e. The number of hydrogen-bond acceptors (Lipinski definition) is 3. The Morgan fingerprint density at radius 1 is 1.38 bits per heavy atom. The van der Waals surface area contributed by atoms with Crippen LogP contribution in [0.25, 0.3) is 0 Å². The standard InChI is InChI=1S/C10H10O3/c1-12-8-3-2-7-5-13-6-10(11)9(7)4-8/h2-4H,5-6H2,1H3. The molecule has 0 spiro atoms. The summed E-state index contributed by atoms with van der Waals surface area (Å²) in [5.74, 6) is 0.745. The maximum Gasteiger partial charge on any atom is 0.188 e. The normalized spacial score (nSPS) is 15.3. The molecule has 0 radical (unpaired) electrons. The summed E-state index contributed by atoms with van der Waals surface area (Å²) in [5, 5.41) is 0. The number of hydrogen-bond donors (Lipinski definition) is 0. The average Bonchev–Trinajstić information content (AvgIpc) is 2.18. The molecule has 0 amide bonds. The molecule has 0 unspecified atom stereocenters. The van der Waals surface area contributed by atoms with E-state index in [1.807, 2.05) is 12.1 Å². The Balaban J connectivity index is 2.47. The van der Waals surface area contributed by atoms with Crippen LogP contribution in [0.4, 0.5) is 0 Å². The number of ketones is 1. The fourth-order valence-electron chi connectivity index (χ4n) is 1.40. The largest absolute Gasteiger partial charge is 0.497 e. The highest BCUT2D eigenvalue weighted by atomic mass is 16.5. The highest BCUT2D eigenvalue weighted by Crippen LogP contribution is 2.21. The molecule has 68 valence electrons. The monoisotopic (exact) mass is 178 g/mol. The van der Waals surface area contributed by atoms with Gasteiger partial charge >= 0.3 is 0 Å². The Bertz CT molecular complexity index is 344. The van der Waals surface area contributed by atoms with Gasteiger partial charge in [0.2, 0.25) is 0 Å². The molecule has 1 aromatic rings. The molecule has 1 aliphatic heterocycles. The fraction of sp³-hybridized carbons (Fsp3) is 0.300. The van der Waals surface area contributed by atoms with Gasteiger partial charge in [0.25, 0.3) is 0 Å². The van der Waals surface area contributed by atoms with Crippen molar-refractivity contribution in [1.29, 1.82) is 0 Å². The second kappa shape index (κ2) is 3.18. The van der Waals surface area contributed by atoms with Gasteiger partial charge in [-0.2, -0.15) is 0 Å². The lowest BCUT2D eigenvalue weighted by atomic mass is 10.0. The number of ether oxygens (including phenoxy) is 2. The van der Waals surface area contributed by atoms with E-state index in [9.17, 15) is 4.79 Å². The molecule has 1 aliphatic rings. The van der Waals surface area contributed by atoms with E-state index in [1.165, 1.54) is 0 Å². The fourth-order valence-corrected chi connectivity index (χ4v) is 1.40. The van der Waals surface area contributed by atoms with Crippen molar-refractivity contribution in [2.75, 3.05) is 13.7 Å². The van der Waals surface area contributed by atoms with E-state index in [0.717, 1.165) is 11.1 Å². The topological polar surface area (TPSA) is 35.5 Å². The zero-order valence-corrected chi connectivity index (χ0v) is 7.37. The lowest BCUT2D eigenvalue weighted by molar-refractivity contribution is 0.0665. The summed E-state index contributed by atoms with van der Waals surface area (Å²) < 4.78 is 10.1. The Morgan fingerprint density at radius 3 is 3.00 bits per heavy atom. The number of methoxy groups -OCH3 is 1. The maximum absolute atomic E-state index is 11.4. The van der Waals surface area contributed by atoms with Crippen LogP contribution in [0, 0.1) is 0 Å². The third kappa shape index (κ3) is 1.42. The quantitative estimate of drug-likeness (QED) is 0.652. The molecule has 0 atom stereocenters. The Morgan fingerprint density at radius 2 is 2.23 bits per heavy atom. The summed E-state index contributed by atoms with van der Waals surface area (Å²) in [7, 11) is 1.59. The van der Waals surface area contributed by atoms with Crippen molar-refractivity contribution in [2.45, 2.75) is 6.61 Å². The van der Waals surface area contributed by atoms with Gasteiger partial charge in [0.1, 0.15) is 12.4 Å². The highest BCUT2D eigenvalue weighted by molar-refractivity contribution is 5.99. The van der Waals surface area contributed by atoms with Crippen LogP contribution < -0.4 is 4.74 Å². The van der Waals surface area contributed by atoms with Gasteiger partial charge in [-0.1, -0.05) is 6.07 Å². The van der Waals surface area contributed by atoms with Gasteiger partial charge in [-0.15, -0.1) is 0 Å². The Kier molecular flexibility index (Phi) is 2.02.